The quantitative estimate of drug-likeness (QED) is 0.197. The van der Waals surface area contributed by atoms with Gasteiger partial charge in [-0.25, -0.2) is 4.99 Å². The van der Waals surface area contributed by atoms with Gasteiger partial charge in [0.2, 0.25) is 5.91 Å². The molecule has 1 saturated heterocycles. The molecule has 0 spiro atoms. The molecule has 0 bridgehead atoms. The molecule has 4 aromatic rings. The summed E-state index contributed by atoms with van der Waals surface area (Å²) in [5, 5.41) is 12.1. The highest BCUT2D eigenvalue weighted by molar-refractivity contribution is 6.62. The first kappa shape index (κ1) is 30.5. The van der Waals surface area contributed by atoms with Gasteiger partial charge < -0.3 is 29.2 Å². The van der Waals surface area contributed by atoms with Crippen molar-refractivity contribution in [1.29, 1.82) is 0 Å². The van der Waals surface area contributed by atoms with Gasteiger partial charge in [-0.15, -0.1) is 0 Å². The van der Waals surface area contributed by atoms with E-state index >= 15 is 0 Å². The van der Waals surface area contributed by atoms with Crippen molar-refractivity contribution in [3.63, 3.8) is 0 Å². The van der Waals surface area contributed by atoms with Crippen molar-refractivity contribution in [1.82, 2.24) is 9.88 Å². The SMILES string of the molecule is CC(=O)N(CCCN(C)C)c1ccc(N=C(c2ccccc2)c2c(O)[nH]c3cc(B4OC(C)(C)C(C)(C)O4)ccc23)cc1. The zero-order valence-corrected chi connectivity index (χ0v) is 26.1. The maximum absolute atomic E-state index is 12.4. The second-order valence-electron chi connectivity index (χ2n) is 12.4. The Kier molecular flexibility index (Phi) is 8.52. The lowest BCUT2D eigenvalue weighted by atomic mass is 9.78. The first-order valence-electron chi connectivity index (χ1n) is 14.7. The number of aliphatic imine (C=N–C) groups is 1. The molecule has 1 amide bonds. The summed E-state index contributed by atoms with van der Waals surface area (Å²) in [6, 6.07) is 23.4. The van der Waals surface area contributed by atoms with Gasteiger partial charge in [0.05, 0.1) is 28.2 Å². The molecule has 43 heavy (non-hydrogen) atoms. The van der Waals surface area contributed by atoms with Crippen LogP contribution >= 0.6 is 0 Å². The number of carbonyl (C=O) groups excluding carboxylic acids is 1. The summed E-state index contributed by atoms with van der Waals surface area (Å²) in [5.74, 6) is 0.0348. The van der Waals surface area contributed by atoms with E-state index in [0.29, 0.717) is 23.5 Å². The topological polar surface area (TPSA) is 90.4 Å². The molecule has 9 heteroatoms. The number of carbonyl (C=O) groups is 1. The third-order valence-electron chi connectivity index (χ3n) is 8.38. The minimum atomic E-state index is -0.512. The van der Waals surface area contributed by atoms with Crippen molar-refractivity contribution in [3.8, 4) is 5.88 Å². The minimum absolute atomic E-state index is 0.00333. The average molecular weight is 581 g/mol. The number of aromatic amines is 1. The van der Waals surface area contributed by atoms with Gasteiger partial charge >= 0.3 is 7.12 Å². The van der Waals surface area contributed by atoms with Gasteiger partial charge in [-0.1, -0.05) is 42.5 Å². The number of benzene rings is 3. The van der Waals surface area contributed by atoms with Crippen LogP contribution in [-0.4, -0.2) is 72.1 Å². The Bertz CT molecular complexity index is 1610. The van der Waals surface area contributed by atoms with Crippen molar-refractivity contribution < 1.29 is 19.2 Å². The number of rotatable bonds is 9. The number of hydrogen-bond donors (Lipinski definition) is 2. The predicted octanol–water partition coefficient (Wildman–Crippen LogP) is 5.65. The van der Waals surface area contributed by atoms with Crippen LogP contribution in [0.3, 0.4) is 0 Å². The molecule has 8 nitrogen and oxygen atoms in total. The minimum Gasteiger partial charge on any atom is -0.494 e. The van der Waals surface area contributed by atoms with Crippen LogP contribution in [0.15, 0.2) is 77.8 Å². The Morgan fingerprint density at radius 2 is 1.58 bits per heavy atom. The van der Waals surface area contributed by atoms with Crippen molar-refractivity contribution in [2.24, 2.45) is 4.99 Å². The van der Waals surface area contributed by atoms with E-state index in [2.05, 4.69) is 9.88 Å². The second-order valence-corrected chi connectivity index (χ2v) is 12.4. The van der Waals surface area contributed by atoms with Gasteiger partial charge in [0.15, 0.2) is 5.88 Å². The summed E-state index contributed by atoms with van der Waals surface area (Å²) in [7, 11) is 3.54. The van der Waals surface area contributed by atoms with Crippen LogP contribution in [0.1, 0.15) is 52.2 Å². The molecule has 2 heterocycles. The molecule has 2 N–H and O–H groups in total. The van der Waals surface area contributed by atoms with E-state index < -0.39 is 18.3 Å². The number of nitrogens with zero attached hydrogens (tertiary/aromatic N) is 3. The fraction of sp³-hybridized carbons (Fsp3) is 0.353. The molecular formula is C34H41BN4O4. The van der Waals surface area contributed by atoms with Crippen molar-refractivity contribution in [2.45, 2.75) is 52.2 Å². The van der Waals surface area contributed by atoms with Gasteiger partial charge in [0, 0.05) is 35.6 Å². The monoisotopic (exact) mass is 580 g/mol. The van der Waals surface area contributed by atoms with E-state index in [-0.39, 0.29) is 11.8 Å². The Labute approximate surface area is 254 Å². The first-order chi connectivity index (χ1) is 20.4. The second kappa shape index (κ2) is 12.0. The van der Waals surface area contributed by atoms with E-state index in [4.69, 9.17) is 14.3 Å². The standard InChI is InChI=1S/C34H41BN4O4/c1-23(40)39(21-11-20-38(6)7)27-17-15-26(16-18-27)36-31(24-12-9-8-10-13-24)30-28-19-14-25(22-29(28)37-32(30)41)35-42-33(2,3)34(4,5)43-35/h8-10,12-19,22,37,41H,11,20-21H2,1-7H3. The summed E-state index contributed by atoms with van der Waals surface area (Å²) in [6.45, 7) is 11.3. The lowest BCUT2D eigenvalue weighted by Gasteiger charge is -2.32. The highest BCUT2D eigenvalue weighted by Gasteiger charge is 2.51. The van der Waals surface area contributed by atoms with Crippen LogP contribution in [0, 0.1) is 0 Å². The molecule has 3 aromatic carbocycles. The van der Waals surface area contributed by atoms with Crippen molar-refractivity contribution in [3.05, 3.63) is 83.9 Å². The Morgan fingerprint density at radius 1 is 0.930 bits per heavy atom. The molecule has 1 aromatic heterocycles. The molecule has 5 rings (SSSR count). The van der Waals surface area contributed by atoms with Crippen LogP contribution in [0.4, 0.5) is 11.4 Å². The largest absolute Gasteiger partial charge is 0.494 e. The van der Waals surface area contributed by atoms with Crippen LogP contribution in [0.2, 0.25) is 0 Å². The van der Waals surface area contributed by atoms with Crippen molar-refractivity contribution in [2.75, 3.05) is 32.1 Å². The van der Waals surface area contributed by atoms with E-state index in [1.54, 1.807) is 11.8 Å². The number of aromatic hydroxyl groups is 1. The van der Waals surface area contributed by atoms with Crippen LogP contribution in [0.5, 0.6) is 5.88 Å². The molecule has 0 atom stereocenters. The number of anilines is 1. The van der Waals surface area contributed by atoms with E-state index in [9.17, 15) is 9.90 Å². The molecule has 0 saturated carbocycles. The Hall–Kier alpha value is -3.92. The highest BCUT2D eigenvalue weighted by atomic mass is 16.7. The zero-order valence-electron chi connectivity index (χ0n) is 26.1. The first-order valence-corrected chi connectivity index (χ1v) is 14.7. The number of H-pyrrole nitrogens is 1. The van der Waals surface area contributed by atoms with Gasteiger partial charge in [-0.3, -0.25) is 4.79 Å². The summed E-state index contributed by atoms with van der Waals surface area (Å²) >= 11 is 0. The zero-order chi connectivity index (χ0) is 30.9. The Morgan fingerprint density at radius 3 is 2.19 bits per heavy atom. The fourth-order valence-electron chi connectivity index (χ4n) is 5.28. The maximum Gasteiger partial charge on any atom is 0.494 e. The number of aromatic nitrogens is 1. The molecule has 0 aliphatic carbocycles. The van der Waals surface area contributed by atoms with Gasteiger partial charge in [-0.2, -0.15) is 0 Å². The molecule has 1 aliphatic heterocycles. The van der Waals surface area contributed by atoms with E-state index in [1.807, 2.05) is 115 Å². The highest BCUT2D eigenvalue weighted by Crippen LogP contribution is 2.37. The number of hydrogen-bond acceptors (Lipinski definition) is 6. The lowest BCUT2D eigenvalue weighted by Crippen LogP contribution is -2.41. The molecule has 0 radical (unpaired) electrons. The van der Waals surface area contributed by atoms with Crippen LogP contribution in [0.25, 0.3) is 10.9 Å². The van der Waals surface area contributed by atoms with Gasteiger partial charge in [0.1, 0.15) is 0 Å². The maximum atomic E-state index is 12.4. The van der Waals surface area contributed by atoms with Gasteiger partial charge in [-0.05, 0) is 90.6 Å². The Balaban J connectivity index is 1.51. The van der Waals surface area contributed by atoms with E-state index in [1.165, 1.54) is 0 Å². The summed E-state index contributed by atoms with van der Waals surface area (Å²) in [5.41, 5.74) is 4.37. The molecule has 1 aliphatic rings. The molecule has 1 fully saturated rings. The lowest BCUT2D eigenvalue weighted by molar-refractivity contribution is -0.116. The van der Waals surface area contributed by atoms with Crippen molar-refractivity contribution >= 4 is 46.5 Å². The van der Waals surface area contributed by atoms with Crippen LogP contribution < -0.4 is 10.4 Å². The number of amides is 1. The third-order valence-corrected chi connectivity index (χ3v) is 8.38. The fourth-order valence-corrected chi connectivity index (χ4v) is 5.28. The molecular weight excluding hydrogens is 539 g/mol. The number of nitrogens with one attached hydrogen (secondary N) is 1. The van der Waals surface area contributed by atoms with Gasteiger partial charge in [0.25, 0.3) is 0 Å². The number of fused-ring (bicyclic) bond motifs is 1. The molecule has 0 unspecified atom stereocenters. The molecule has 224 valence electrons. The third kappa shape index (κ3) is 6.39. The smallest absolute Gasteiger partial charge is 0.494 e. The predicted molar refractivity (Wildman–Crippen MR) is 175 cm³/mol. The average Bonchev–Trinajstić information content (AvgIpc) is 3.39. The summed E-state index contributed by atoms with van der Waals surface area (Å²) in [4.78, 5) is 24.5. The summed E-state index contributed by atoms with van der Waals surface area (Å²) < 4.78 is 12.5. The van der Waals surface area contributed by atoms with E-state index in [0.717, 1.165) is 40.6 Å². The normalized spacial score (nSPS) is 16.3. The van der Waals surface area contributed by atoms with Crippen LogP contribution in [-0.2, 0) is 14.1 Å². The summed E-state index contributed by atoms with van der Waals surface area (Å²) in [6.07, 6.45) is 0.876.